The van der Waals surface area contributed by atoms with Gasteiger partial charge in [-0.05, 0) is 49.2 Å². The molecular weight excluding hydrogens is 254 g/mol. The van der Waals surface area contributed by atoms with Gasteiger partial charge in [-0.25, -0.2) is 0 Å². The average molecular weight is 271 g/mol. The van der Waals surface area contributed by atoms with E-state index in [1.807, 2.05) is 41.3 Å². The Bertz CT molecular complexity index is 554. The molecule has 1 aliphatic rings. The summed E-state index contributed by atoms with van der Waals surface area (Å²) in [6, 6.07) is 11.0. The van der Waals surface area contributed by atoms with Gasteiger partial charge in [-0.3, -0.25) is 4.79 Å². The maximum absolute atomic E-state index is 12.2. The molecule has 0 bridgehead atoms. The van der Waals surface area contributed by atoms with Gasteiger partial charge >= 0.3 is 0 Å². The second-order valence-electron chi connectivity index (χ2n) is 4.89. The van der Waals surface area contributed by atoms with E-state index < -0.39 is 0 Å². The fourth-order valence-corrected chi connectivity index (χ4v) is 2.35. The number of carbonyl (C=O) groups excluding carboxylic acids is 1. The molecule has 0 spiro atoms. The molecule has 0 N–H and O–H groups in total. The molecule has 0 unspecified atom stereocenters. The Balaban J connectivity index is 1.60. The van der Waals surface area contributed by atoms with Crippen molar-refractivity contribution in [3.63, 3.8) is 0 Å². The maximum atomic E-state index is 12.2. The van der Waals surface area contributed by atoms with Gasteiger partial charge < -0.3 is 14.1 Å². The summed E-state index contributed by atoms with van der Waals surface area (Å²) >= 11 is 0. The van der Waals surface area contributed by atoms with Crippen LogP contribution in [0.5, 0.6) is 5.75 Å². The van der Waals surface area contributed by atoms with Crippen LogP contribution in [0.15, 0.2) is 47.1 Å². The van der Waals surface area contributed by atoms with Crippen LogP contribution in [-0.4, -0.2) is 23.9 Å². The van der Waals surface area contributed by atoms with Gasteiger partial charge in [-0.2, -0.15) is 0 Å². The SMILES string of the molecule is O=C(c1ccc(OCc2ccco2)cc1)N1CCCC1. The lowest BCUT2D eigenvalue weighted by atomic mass is 10.2. The van der Waals surface area contributed by atoms with E-state index in [1.54, 1.807) is 6.26 Å². The molecule has 0 radical (unpaired) electrons. The number of nitrogens with zero attached hydrogens (tertiary/aromatic N) is 1. The van der Waals surface area contributed by atoms with Crippen molar-refractivity contribution in [3.05, 3.63) is 54.0 Å². The normalized spacial score (nSPS) is 14.5. The molecule has 2 aromatic rings. The predicted molar refractivity (Wildman–Crippen MR) is 74.6 cm³/mol. The molecule has 1 aromatic heterocycles. The molecule has 1 saturated heterocycles. The average Bonchev–Trinajstić information content (AvgIpc) is 3.18. The summed E-state index contributed by atoms with van der Waals surface area (Å²) in [5, 5.41) is 0. The fourth-order valence-electron chi connectivity index (χ4n) is 2.35. The minimum atomic E-state index is 0.111. The Morgan fingerprint density at radius 3 is 2.55 bits per heavy atom. The number of likely N-dealkylation sites (tertiary alicyclic amines) is 1. The summed E-state index contributed by atoms with van der Waals surface area (Å²) in [4.78, 5) is 14.1. The molecule has 1 aromatic carbocycles. The second kappa shape index (κ2) is 5.82. The molecule has 1 amide bonds. The lowest BCUT2D eigenvalue weighted by Gasteiger charge is -2.15. The summed E-state index contributed by atoms with van der Waals surface area (Å²) in [7, 11) is 0. The van der Waals surface area contributed by atoms with Crippen molar-refractivity contribution in [1.29, 1.82) is 0 Å². The first-order chi connectivity index (χ1) is 9.83. The third kappa shape index (κ3) is 2.85. The molecule has 4 heteroatoms. The lowest BCUT2D eigenvalue weighted by Crippen LogP contribution is -2.27. The molecule has 3 rings (SSSR count). The highest BCUT2D eigenvalue weighted by Gasteiger charge is 2.19. The molecule has 2 heterocycles. The standard InChI is InChI=1S/C16H17NO3/c18-16(17-9-1-2-10-17)13-5-7-14(8-6-13)20-12-15-4-3-11-19-15/h3-8,11H,1-2,9-10,12H2. The van der Waals surface area contributed by atoms with Gasteiger partial charge in [0.15, 0.2) is 0 Å². The number of carbonyl (C=O) groups is 1. The molecule has 20 heavy (non-hydrogen) atoms. The van der Waals surface area contributed by atoms with E-state index in [4.69, 9.17) is 9.15 Å². The van der Waals surface area contributed by atoms with Crippen LogP contribution in [0.4, 0.5) is 0 Å². The number of hydrogen-bond donors (Lipinski definition) is 0. The van der Waals surface area contributed by atoms with Crippen LogP contribution in [-0.2, 0) is 6.61 Å². The molecule has 0 aliphatic carbocycles. The minimum absolute atomic E-state index is 0.111. The Morgan fingerprint density at radius 2 is 1.90 bits per heavy atom. The molecule has 0 saturated carbocycles. The largest absolute Gasteiger partial charge is 0.486 e. The zero-order valence-corrected chi connectivity index (χ0v) is 11.2. The number of amides is 1. The Hall–Kier alpha value is -2.23. The Morgan fingerprint density at radius 1 is 1.15 bits per heavy atom. The van der Waals surface area contributed by atoms with Crippen molar-refractivity contribution in [3.8, 4) is 5.75 Å². The molecule has 1 fully saturated rings. The highest BCUT2D eigenvalue weighted by atomic mass is 16.5. The van der Waals surface area contributed by atoms with Crippen molar-refractivity contribution in [2.75, 3.05) is 13.1 Å². The molecule has 104 valence electrons. The van der Waals surface area contributed by atoms with Gasteiger partial charge in [0.2, 0.25) is 0 Å². The van der Waals surface area contributed by atoms with Gasteiger partial charge in [0, 0.05) is 18.7 Å². The Labute approximate surface area is 118 Å². The van der Waals surface area contributed by atoms with Gasteiger partial charge in [-0.1, -0.05) is 0 Å². The highest BCUT2D eigenvalue weighted by molar-refractivity contribution is 5.94. The smallest absolute Gasteiger partial charge is 0.253 e. The third-order valence-corrected chi connectivity index (χ3v) is 3.46. The first-order valence-corrected chi connectivity index (χ1v) is 6.87. The van der Waals surface area contributed by atoms with E-state index >= 15 is 0 Å². The van der Waals surface area contributed by atoms with Crippen molar-refractivity contribution >= 4 is 5.91 Å². The number of ether oxygens (including phenoxy) is 1. The van der Waals surface area contributed by atoms with Gasteiger partial charge in [0.05, 0.1) is 6.26 Å². The van der Waals surface area contributed by atoms with Crippen LogP contribution in [0.25, 0.3) is 0 Å². The minimum Gasteiger partial charge on any atom is -0.486 e. The quantitative estimate of drug-likeness (QED) is 0.858. The molecule has 4 nitrogen and oxygen atoms in total. The van der Waals surface area contributed by atoms with Gasteiger partial charge in [0.25, 0.3) is 5.91 Å². The maximum Gasteiger partial charge on any atom is 0.253 e. The monoisotopic (exact) mass is 271 g/mol. The van der Waals surface area contributed by atoms with Crippen LogP contribution in [0, 0.1) is 0 Å². The first kappa shape index (κ1) is 12.8. The number of hydrogen-bond acceptors (Lipinski definition) is 3. The van der Waals surface area contributed by atoms with E-state index in [0.717, 1.165) is 43.0 Å². The third-order valence-electron chi connectivity index (χ3n) is 3.46. The molecular formula is C16H17NO3. The van der Waals surface area contributed by atoms with Crippen molar-refractivity contribution in [2.45, 2.75) is 19.4 Å². The zero-order valence-electron chi connectivity index (χ0n) is 11.2. The van der Waals surface area contributed by atoms with E-state index in [2.05, 4.69) is 0 Å². The highest BCUT2D eigenvalue weighted by Crippen LogP contribution is 2.17. The van der Waals surface area contributed by atoms with E-state index in [9.17, 15) is 4.79 Å². The summed E-state index contributed by atoms with van der Waals surface area (Å²) in [5.74, 6) is 1.63. The van der Waals surface area contributed by atoms with Crippen molar-refractivity contribution < 1.29 is 13.9 Å². The van der Waals surface area contributed by atoms with E-state index in [0.29, 0.717) is 6.61 Å². The fraction of sp³-hybridized carbons (Fsp3) is 0.312. The summed E-state index contributed by atoms with van der Waals surface area (Å²) in [6.45, 7) is 2.14. The lowest BCUT2D eigenvalue weighted by molar-refractivity contribution is 0.0793. The predicted octanol–water partition coefficient (Wildman–Crippen LogP) is 3.09. The second-order valence-corrected chi connectivity index (χ2v) is 4.89. The molecule has 1 aliphatic heterocycles. The van der Waals surface area contributed by atoms with Crippen LogP contribution in [0.3, 0.4) is 0 Å². The van der Waals surface area contributed by atoms with Crippen molar-refractivity contribution in [2.24, 2.45) is 0 Å². The number of furan rings is 1. The van der Waals surface area contributed by atoms with Crippen LogP contribution in [0.1, 0.15) is 29.0 Å². The summed E-state index contributed by atoms with van der Waals surface area (Å²) in [5.41, 5.74) is 0.720. The van der Waals surface area contributed by atoms with Crippen LogP contribution >= 0.6 is 0 Å². The number of rotatable bonds is 4. The Kier molecular flexibility index (Phi) is 3.72. The van der Waals surface area contributed by atoms with Crippen molar-refractivity contribution in [1.82, 2.24) is 4.90 Å². The van der Waals surface area contributed by atoms with E-state index in [1.165, 1.54) is 0 Å². The van der Waals surface area contributed by atoms with Crippen LogP contribution < -0.4 is 4.74 Å². The summed E-state index contributed by atoms with van der Waals surface area (Å²) < 4.78 is 10.8. The summed E-state index contributed by atoms with van der Waals surface area (Å²) in [6.07, 6.45) is 3.84. The molecule has 0 atom stereocenters. The number of benzene rings is 1. The zero-order chi connectivity index (χ0) is 13.8. The topological polar surface area (TPSA) is 42.7 Å². The first-order valence-electron chi connectivity index (χ1n) is 6.87. The van der Waals surface area contributed by atoms with E-state index in [-0.39, 0.29) is 5.91 Å². The van der Waals surface area contributed by atoms with Gasteiger partial charge in [-0.15, -0.1) is 0 Å². The van der Waals surface area contributed by atoms with Crippen LogP contribution in [0.2, 0.25) is 0 Å². The van der Waals surface area contributed by atoms with Gasteiger partial charge in [0.1, 0.15) is 18.1 Å².